The maximum Gasteiger partial charge on any atom is 0.152 e. The van der Waals surface area contributed by atoms with E-state index in [1.54, 1.807) is 0 Å². The Balaban J connectivity index is 1.78. The number of carbonyl (C=O) groups is 1. The number of aldehydes is 1. The number of fused-ring (bicyclic) bond motifs is 1. The Morgan fingerprint density at radius 1 is 1.33 bits per heavy atom. The highest BCUT2D eigenvalue weighted by Crippen LogP contribution is 2.32. The molecule has 0 spiro atoms. The molecule has 3 heteroatoms. The van der Waals surface area contributed by atoms with Gasteiger partial charge in [-0.3, -0.25) is 4.79 Å². The number of nitrogens with zero attached hydrogens (tertiary/aromatic N) is 1. The highest BCUT2D eigenvalue weighted by molar-refractivity contribution is 5.87. The maximum absolute atomic E-state index is 11.2. The average Bonchev–Trinajstić information content (AvgIpc) is 2.83. The van der Waals surface area contributed by atoms with Crippen LogP contribution >= 0.6 is 0 Å². The van der Waals surface area contributed by atoms with Gasteiger partial charge in [0.2, 0.25) is 0 Å². The van der Waals surface area contributed by atoms with Crippen LogP contribution in [0.1, 0.15) is 28.8 Å². The lowest BCUT2D eigenvalue weighted by molar-refractivity contribution is 0.0683. The van der Waals surface area contributed by atoms with Gasteiger partial charge in [0.25, 0.3) is 0 Å². The molecule has 96 valence electrons. The molecule has 0 aliphatic carbocycles. The van der Waals surface area contributed by atoms with Crippen LogP contribution in [0, 0.1) is 5.92 Å². The minimum Gasteiger partial charge on any atom is -0.381 e. The molecule has 1 aromatic rings. The molecule has 18 heavy (non-hydrogen) atoms. The van der Waals surface area contributed by atoms with E-state index in [9.17, 15) is 4.79 Å². The van der Waals surface area contributed by atoms with E-state index in [2.05, 4.69) is 11.0 Å². The fraction of sp³-hybridized carbons (Fsp3) is 0.533. The summed E-state index contributed by atoms with van der Waals surface area (Å²) in [7, 11) is 0. The lowest BCUT2D eigenvalue weighted by Gasteiger charge is -2.29. The van der Waals surface area contributed by atoms with E-state index in [0.29, 0.717) is 5.92 Å². The van der Waals surface area contributed by atoms with Crippen molar-refractivity contribution in [2.75, 3.05) is 31.2 Å². The number of para-hydroxylation sites is 1. The van der Waals surface area contributed by atoms with Crippen molar-refractivity contribution in [2.45, 2.75) is 19.3 Å². The second-order valence-corrected chi connectivity index (χ2v) is 5.22. The lowest BCUT2D eigenvalue weighted by atomic mass is 9.99. The first-order valence-corrected chi connectivity index (χ1v) is 6.78. The number of rotatable bonds is 3. The van der Waals surface area contributed by atoms with Crippen LogP contribution in [0.15, 0.2) is 18.2 Å². The molecule has 1 fully saturated rings. The van der Waals surface area contributed by atoms with E-state index in [4.69, 9.17) is 4.74 Å². The number of ether oxygens (including phenoxy) is 1. The summed E-state index contributed by atoms with van der Waals surface area (Å²) in [5.74, 6) is 0.712. The van der Waals surface area contributed by atoms with Gasteiger partial charge in [0.05, 0.1) is 5.69 Å². The van der Waals surface area contributed by atoms with Crippen molar-refractivity contribution >= 4 is 12.0 Å². The Morgan fingerprint density at radius 3 is 2.94 bits per heavy atom. The van der Waals surface area contributed by atoms with Crippen LogP contribution in [-0.4, -0.2) is 32.6 Å². The van der Waals surface area contributed by atoms with E-state index in [1.165, 1.54) is 11.3 Å². The predicted octanol–water partition coefficient (Wildman–Crippen LogP) is 2.29. The Morgan fingerprint density at radius 2 is 2.17 bits per heavy atom. The summed E-state index contributed by atoms with van der Waals surface area (Å²) in [6, 6.07) is 6.06. The Bertz CT molecular complexity index is 438. The summed E-state index contributed by atoms with van der Waals surface area (Å²) in [5, 5.41) is 0. The minimum absolute atomic E-state index is 0.712. The molecule has 0 bridgehead atoms. The van der Waals surface area contributed by atoms with Crippen molar-refractivity contribution in [3.8, 4) is 0 Å². The van der Waals surface area contributed by atoms with E-state index >= 15 is 0 Å². The van der Waals surface area contributed by atoms with Gasteiger partial charge >= 0.3 is 0 Å². The second-order valence-electron chi connectivity index (χ2n) is 5.22. The zero-order chi connectivity index (χ0) is 12.4. The van der Waals surface area contributed by atoms with Crippen LogP contribution < -0.4 is 4.90 Å². The molecular weight excluding hydrogens is 226 g/mol. The summed E-state index contributed by atoms with van der Waals surface area (Å²) < 4.78 is 5.40. The van der Waals surface area contributed by atoms with Gasteiger partial charge in [-0.1, -0.05) is 12.1 Å². The summed E-state index contributed by atoms with van der Waals surface area (Å²) in [4.78, 5) is 13.6. The van der Waals surface area contributed by atoms with Crippen LogP contribution in [0.25, 0.3) is 0 Å². The topological polar surface area (TPSA) is 29.5 Å². The minimum atomic E-state index is 0.712. The Hall–Kier alpha value is -1.35. The molecule has 2 aliphatic rings. The van der Waals surface area contributed by atoms with E-state index in [-0.39, 0.29) is 0 Å². The van der Waals surface area contributed by atoms with Gasteiger partial charge in [-0.2, -0.15) is 0 Å². The molecular formula is C15H19NO2. The number of hydrogen-bond acceptors (Lipinski definition) is 3. The van der Waals surface area contributed by atoms with Crippen LogP contribution in [0.2, 0.25) is 0 Å². The van der Waals surface area contributed by atoms with Crippen LogP contribution in [0.4, 0.5) is 5.69 Å². The normalized spacial score (nSPS) is 19.9. The quantitative estimate of drug-likeness (QED) is 0.765. The molecule has 0 aromatic heterocycles. The largest absolute Gasteiger partial charge is 0.381 e. The van der Waals surface area contributed by atoms with Crippen molar-refractivity contribution < 1.29 is 9.53 Å². The van der Waals surface area contributed by atoms with E-state index in [0.717, 1.165) is 57.4 Å². The van der Waals surface area contributed by atoms with Crippen molar-refractivity contribution in [3.63, 3.8) is 0 Å². The summed E-state index contributed by atoms with van der Waals surface area (Å²) in [6.07, 6.45) is 4.35. The molecule has 0 N–H and O–H groups in total. The van der Waals surface area contributed by atoms with Gasteiger partial charge in [0.1, 0.15) is 0 Å². The van der Waals surface area contributed by atoms with Gasteiger partial charge in [-0.25, -0.2) is 0 Å². The second kappa shape index (κ2) is 5.11. The monoisotopic (exact) mass is 245 g/mol. The third-order valence-electron chi connectivity index (χ3n) is 4.06. The number of anilines is 1. The molecule has 0 radical (unpaired) electrons. The molecule has 0 unspecified atom stereocenters. The third-order valence-corrected chi connectivity index (χ3v) is 4.06. The molecule has 1 saturated heterocycles. The van der Waals surface area contributed by atoms with Gasteiger partial charge in [0.15, 0.2) is 6.29 Å². The smallest absolute Gasteiger partial charge is 0.152 e. The van der Waals surface area contributed by atoms with Crippen molar-refractivity contribution in [1.29, 1.82) is 0 Å². The zero-order valence-electron chi connectivity index (χ0n) is 10.6. The van der Waals surface area contributed by atoms with Crippen LogP contribution in [0.3, 0.4) is 0 Å². The maximum atomic E-state index is 11.2. The Kier molecular flexibility index (Phi) is 3.33. The van der Waals surface area contributed by atoms with Crippen molar-refractivity contribution in [3.05, 3.63) is 29.3 Å². The fourth-order valence-electron chi connectivity index (χ4n) is 3.08. The first kappa shape index (κ1) is 11.7. The highest BCUT2D eigenvalue weighted by Gasteiger charge is 2.25. The standard InChI is InChI=1S/C15H19NO2/c17-11-14-3-1-2-13-4-7-16(15(13)14)10-12-5-8-18-9-6-12/h1-3,11-12H,4-10H2. The van der Waals surface area contributed by atoms with Crippen molar-refractivity contribution in [1.82, 2.24) is 0 Å². The summed E-state index contributed by atoms with van der Waals surface area (Å²) >= 11 is 0. The van der Waals surface area contributed by atoms with Crippen LogP contribution in [0.5, 0.6) is 0 Å². The van der Waals surface area contributed by atoms with Gasteiger partial charge in [-0.05, 0) is 36.8 Å². The first-order chi connectivity index (χ1) is 8.88. The molecule has 0 saturated carbocycles. The number of hydrogen-bond donors (Lipinski definition) is 0. The van der Waals surface area contributed by atoms with Gasteiger partial charge < -0.3 is 9.64 Å². The zero-order valence-corrected chi connectivity index (χ0v) is 10.6. The summed E-state index contributed by atoms with van der Waals surface area (Å²) in [5.41, 5.74) is 3.35. The lowest BCUT2D eigenvalue weighted by Crippen LogP contribution is -2.31. The van der Waals surface area contributed by atoms with E-state index < -0.39 is 0 Å². The Labute approximate surface area is 108 Å². The van der Waals surface area contributed by atoms with E-state index in [1.807, 2.05) is 12.1 Å². The SMILES string of the molecule is O=Cc1cccc2c1N(CC1CCOCC1)CC2. The molecule has 2 aliphatic heterocycles. The number of benzene rings is 1. The van der Waals surface area contributed by atoms with Crippen LogP contribution in [-0.2, 0) is 11.2 Å². The first-order valence-electron chi connectivity index (χ1n) is 6.78. The fourth-order valence-corrected chi connectivity index (χ4v) is 3.08. The third kappa shape index (κ3) is 2.15. The predicted molar refractivity (Wildman–Crippen MR) is 71.3 cm³/mol. The summed E-state index contributed by atoms with van der Waals surface area (Å²) in [6.45, 7) is 3.90. The average molecular weight is 245 g/mol. The highest BCUT2D eigenvalue weighted by atomic mass is 16.5. The number of carbonyl (C=O) groups excluding carboxylic acids is 1. The molecule has 3 rings (SSSR count). The molecule has 0 amide bonds. The molecule has 3 nitrogen and oxygen atoms in total. The molecule has 2 heterocycles. The van der Waals surface area contributed by atoms with Crippen molar-refractivity contribution in [2.24, 2.45) is 5.92 Å². The van der Waals surface area contributed by atoms with Gasteiger partial charge in [0, 0.05) is 31.9 Å². The van der Waals surface area contributed by atoms with Gasteiger partial charge in [-0.15, -0.1) is 0 Å². The molecule has 1 aromatic carbocycles. The molecule has 0 atom stereocenters.